The molecule has 41 nitrogen and oxygen atoms in total. The second-order valence-corrected chi connectivity index (χ2v) is 32.3. The molecule has 25 N–H and O–H groups in total. The van der Waals surface area contributed by atoms with Crippen molar-refractivity contribution in [2.45, 2.75) is 191 Å². The lowest BCUT2D eigenvalue weighted by Crippen LogP contribution is -2.62. The Hall–Kier alpha value is -13.8. The van der Waals surface area contributed by atoms with Gasteiger partial charge in [-0.1, -0.05) is 124 Å². The van der Waals surface area contributed by atoms with Crippen LogP contribution in [0.4, 0.5) is 35.2 Å². The Morgan fingerprint density at radius 2 is 0.922 bits per heavy atom. The molecule has 1 fully saturated rings. The third-order valence-corrected chi connectivity index (χ3v) is 21.1. The van der Waals surface area contributed by atoms with E-state index in [1.807, 2.05) is 56.3 Å². The third kappa shape index (κ3) is 30.3. The molecular weight excluding hydrogens is 1670 g/mol. The van der Waals surface area contributed by atoms with E-state index in [2.05, 4.69) is 110 Å². The number of fused-ring (bicyclic) bond motifs is 1. The number of hydrogen-bond donors (Lipinski definition) is 22. The van der Waals surface area contributed by atoms with Gasteiger partial charge >= 0.3 is 0 Å². The number of pyridine rings is 1. The van der Waals surface area contributed by atoms with Crippen LogP contribution in [0.2, 0.25) is 5.02 Å². The number of anilines is 6. The maximum Gasteiger partial charge on any atom is 0.249 e. The Balaban J connectivity index is 1.04. The number of unbranched alkanes of at least 4 members (excludes halogenated alkanes) is 1. The van der Waals surface area contributed by atoms with Gasteiger partial charge in [-0.25, -0.2) is 10.2 Å². The van der Waals surface area contributed by atoms with E-state index in [9.17, 15) is 48.9 Å². The van der Waals surface area contributed by atoms with Crippen LogP contribution in [-0.2, 0) is 94.4 Å². The molecule has 0 aliphatic carbocycles. The highest BCUT2D eigenvalue weighted by Crippen LogP contribution is 2.24. The lowest BCUT2D eigenvalue weighted by atomic mass is 9.99. The van der Waals surface area contributed by atoms with Crippen LogP contribution >= 0.6 is 11.6 Å². The molecule has 0 spiro atoms. The summed E-state index contributed by atoms with van der Waals surface area (Å²) in [5, 5.41) is 84.7. The van der Waals surface area contributed by atoms with Gasteiger partial charge in [-0.2, -0.15) is 9.97 Å². The molecule has 684 valence electrons. The van der Waals surface area contributed by atoms with Gasteiger partial charge in [-0.05, 0) is 139 Å². The summed E-state index contributed by atoms with van der Waals surface area (Å²) in [7, 11) is 0. The number of nitrogen functional groups attached to an aromatic ring is 2. The first-order valence-electron chi connectivity index (χ1n) is 41.9. The molecule has 0 saturated carbocycles. The van der Waals surface area contributed by atoms with Crippen molar-refractivity contribution in [3.8, 4) is 0 Å². The van der Waals surface area contributed by atoms with Gasteiger partial charge in [0, 0.05) is 80.4 Å². The third-order valence-electron chi connectivity index (χ3n) is 20.8. The quantitative estimate of drug-likeness (QED) is 0.0218. The van der Waals surface area contributed by atoms with Gasteiger partial charge in [0.1, 0.15) is 72.5 Å². The van der Waals surface area contributed by atoms with E-state index in [-0.39, 0.29) is 97.8 Å². The zero-order chi connectivity index (χ0) is 92.7. The number of nitrogens with zero attached hydrogens (tertiary/aromatic N) is 6. The normalized spacial score (nSPS) is 15.0. The number of hydrogen-bond acceptors (Lipinski definition) is 26. The first kappa shape index (κ1) is 98.0. The van der Waals surface area contributed by atoms with Crippen LogP contribution < -0.4 is 91.6 Å². The van der Waals surface area contributed by atoms with Gasteiger partial charge in [0.25, 0.3) is 0 Å². The number of aliphatic hydroxyl groups excluding tert-OH is 3. The molecule has 1 saturated heterocycles. The Kier molecular flexibility index (Phi) is 36.8. The highest BCUT2D eigenvalue weighted by molar-refractivity contribution is 6.30. The zero-order valence-corrected chi connectivity index (χ0v) is 72.4. The van der Waals surface area contributed by atoms with Gasteiger partial charge in [-0.3, -0.25) is 67.3 Å². The van der Waals surface area contributed by atoms with Gasteiger partial charge in [0.15, 0.2) is 0 Å². The van der Waals surface area contributed by atoms with E-state index in [1.54, 1.807) is 50.2 Å². The Morgan fingerprint density at radius 1 is 0.484 bits per heavy atom. The SMILES string of the molecule is CC(=O)N[C@H](Cc1ccc2ccccc2c1)C(=O)N[C@H](Cc1ccc(Cl)cc1)C(=O)N[C@H](Cc1cccnc1)C(=O)N[C@@H](CO)C(=O)N[C@@H](Cc1ccc(NC(=O)[C@H](CO)Nc2nc(N)n[nH]2)cc1)C(=O)N[C@H](Cc1ccc(NC(=O)[C@H](CO)Nc2nc(N)n[nH]2)cc1)C(=O)N[C@@H](CC(C)C)C(=O)N[C@@H](CCCCNC(C)C)C(=O)N1CCC[C@H]1C(=O)N[C@H](C)C(N)=O. The Labute approximate surface area is 742 Å². The molecule has 3 aromatic heterocycles. The predicted octanol–water partition coefficient (Wildman–Crippen LogP) is -0.289. The number of benzene rings is 5. The van der Waals surface area contributed by atoms with E-state index in [4.69, 9.17) is 28.8 Å². The minimum Gasteiger partial charge on any atom is -0.394 e. The summed E-state index contributed by atoms with van der Waals surface area (Å²) in [5.41, 5.74) is 19.3. The molecule has 1 aliphatic rings. The molecule has 13 amide bonds. The number of carbonyl (C=O) groups excluding carboxylic acids is 13. The number of likely N-dealkylation sites (tertiary alicyclic amines) is 1. The summed E-state index contributed by atoms with van der Waals surface area (Å²) in [4.78, 5) is 200. The molecule has 12 atom stereocenters. The van der Waals surface area contributed by atoms with E-state index in [1.165, 1.54) is 79.7 Å². The van der Waals surface area contributed by atoms with E-state index >= 15 is 28.8 Å². The number of carbonyl (C=O) groups is 13. The monoisotopic (exact) mass is 1790 g/mol. The van der Waals surface area contributed by atoms with Crippen molar-refractivity contribution < 1.29 is 77.6 Å². The summed E-state index contributed by atoms with van der Waals surface area (Å²) in [6, 6.07) is 17.4. The second kappa shape index (κ2) is 48.1. The van der Waals surface area contributed by atoms with Gasteiger partial charge < -0.3 is 112 Å². The molecular formula is C86H112ClN25O16. The van der Waals surface area contributed by atoms with Crippen LogP contribution in [0.25, 0.3) is 10.8 Å². The van der Waals surface area contributed by atoms with Crippen LogP contribution in [-0.4, -0.2) is 244 Å². The maximum absolute atomic E-state index is 15.7. The van der Waals surface area contributed by atoms with E-state index in [0.717, 1.165) is 10.8 Å². The van der Waals surface area contributed by atoms with Crippen molar-refractivity contribution in [1.82, 2.24) is 93.4 Å². The number of nitrogens with one attached hydrogen (secondary N) is 16. The number of nitrogens with two attached hydrogens (primary N) is 3. The standard InChI is InChI=1S/C86H112ClN25O16/c1-46(2)35-61(72(118)97-60(16-9-10-33-92-47(3)4)82(128)112-34-12-17-70(112)81(127)93-48(5)71(88)117)98-74(120)64(38-51-21-28-58(29-22-51)95-78(124)68(44-114)104-85-106-83(89)108-110-85)100-76(122)65(39-52-23-30-59(31-24-52)96-79(125)69(45-115)105-86-107-84(90)109-111-86)102-80(126)67(43-113)103-77(123)66(41-54-13-11-32-91-42-54)101-75(121)63(37-50-19-26-57(87)27-20-50)99-73(119)62(94-49(6)116)40-53-18-25-55-14-7-8-15-56(55)36-53/h7-8,11,13-15,18-32,36,42,46-48,60-70,92,113-115H,9-10,12,16-17,33-35,37-41,43-45H2,1-6H3,(H2,88,117)(H,93,127)(H,94,116)(H,95,124)(H,96,125)(H,97,118)(H,98,120)(H,99,119)(H,100,122)(H,101,121)(H,102,126)(H,103,123)(H4,89,104,106,108,110)(H4,90,105,107,109,111)/t48-,60+,61+,62-,63-,64-,65+,66-,67+,68+,69+,70+/m1/s1. The minimum atomic E-state index is -1.95. The van der Waals surface area contributed by atoms with Crippen molar-refractivity contribution in [1.29, 1.82) is 0 Å². The van der Waals surface area contributed by atoms with Crippen molar-refractivity contribution >= 4 is 134 Å². The van der Waals surface area contributed by atoms with Crippen LogP contribution in [0.15, 0.2) is 140 Å². The van der Waals surface area contributed by atoms with Gasteiger partial charge in [0.05, 0.1) is 19.8 Å². The van der Waals surface area contributed by atoms with E-state index < -0.39 is 182 Å². The first-order chi connectivity index (χ1) is 61.2. The lowest BCUT2D eigenvalue weighted by Gasteiger charge is -2.31. The number of amides is 13. The Morgan fingerprint density at radius 3 is 1.38 bits per heavy atom. The molecule has 42 heteroatoms. The summed E-state index contributed by atoms with van der Waals surface area (Å²) >= 11 is 6.29. The number of rotatable bonds is 48. The minimum absolute atomic E-state index is 0.00568. The number of primary amides is 1. The molecule has 0 unspecified atom stereocenters. The van der Waals surface area contributed by atoms with Crippen LogP contribution in [0.3, 0.4) is 0 Å². The average molecular weight is 1790 g/mol. The predicted molar refractivity (Wildman–Crippen MR) is 475 cm³/mol. The van der Waals surface area contributed by atoms with Crippen LogP contribution in [0.5, 0.6) is 0 Å². The van der Waals surface area contributed by atoms with Crippen molar-refractivity contribution in [2.24, 2.45) is 11.7 Å². The number of aliphatic hydroxyl groups is 3. The summed E-state index contributed by atoms with van der Waals surface area (Å²) < 4.78 is 0. The summed E-state index contributed by atoms with van der Waals surface area (Å²) in [6.45, 7) is 8.23. The Bertz CT molecular complexity index is 5120. The summed E-state index contributed by atoms with van der Waals surface area (Å²) in [5.74, 6) is -11.6. The van der Waals surface area contributed by atoms with Crippen LogP contribution in [0, 0.1) is 5.92 Å². The van der Waals surface area contributed by atoms with Crippen molar-refractivity contribution in [2.75, 3.05) is 65.6 Å². The van der Waals surface area contributed by atoms with E-state index in [0.29, 0.717) is 53.1 Å². The largest absolute Gasteiger partial charge is 0.394 e. The number of H-pyrrole nitrogens is 2. The van der Waals surface area contributed by atoms with Crippen LogP contribution in [0.1, 0.15) is 108 Å². The van der Waals surface area contributed by atoms with Crippen molar-refractivity contribution in [3.63, 3.8) is 0 Å². The molecule has 0 bridgehead atoms. The van der Waals surface area contributed by atoms with Crippen molar-refractivity contribution in [3.05, 3.63) is 173 Å². The number of halogens is 1. The molecule has 0 radical (unpaired) electrons. The summed E-state index contributed by atoms with van der Waals surface area (Å²) in [6.07, 6.45) is 3.15. The number of aromatic nitrogens is 7. The van der Waals surface area contributed by atoms with Gasteiger partial charge in [-0.15, -0.1) is 10.2 Å². The molecule has 128 heavy (non-hydrogen) atoms. The highest BCUT2D eigenvalue weighted by Gasteiger charge is 2.41. The molecule has 5 aromatic carbocycles. The molecule has 1 aliphatic heterocycles. The average Bonchev–Trinajstić information content (AvgIpc) is 1.62. The van der Waals surface area contributed by atoms with Gasteiger partial charge in [0.2, 0.25) is 101 Å². The highest BCUT2D eigenvalue weighted by atomic mass is 35.5. The fourth-order valence-corrected chi connectivity index (χ4v) is 14.2. The molecule has 9 rings (SSSR count). The smallest absolute Gasteiger partial charge is 0.249 e. The second-order valence-electron chi connectivity index (χ2n) is 31.8. The molecule has 8 aromatic rings. The zero-order valence-electron chi connectivity index (χ0n) is 71.6. The topological polar surface area (TPSA) is 628 Å². The fourth-order valence-electron chi connectivity index (χ4n) is 14.1. The number of aromatic amines is 2. The fraction of sp³-hybridized carbons (Fsp3) is 0.419. The lowest BCUT2D eigenvalue weighted by molar-refractivity contribution is -0.142. The first-order valence-corrected chi connectivity index (χ1v) is 42.2. The maximum atomic E-state index is 15.7. The molecule has 4 heterocycles.